The Morgan fingerprint density at radius 2 is 1.54 bits per heavy atom. The van der Waals surface area contributed by atoms with Crippen LogP contribution in [0.2, 0.25) is 10.0 Å². The molecule has 3 rings (SSSR count). The summed E-state index contributed by atoms with van der Waals surface area (Å²) in [4.78, 5) is 28.5. The van der Waals surface area contributed by atoms with Crippen molar-refractivity contribution in [3.05, 3.63) is 94.0 Å². The number of rotatable bonds is 9. The number of hydrogen-bond donors (Lipinski definition) is 1. The van der Waals surface area contributed by atoms with E-state index < -0.39 is 34.1 Å². The Morgan fingerprint density at radius 1 is 0.923 bits per heavy atom. The zero-order valence-corrected chi connectivity index (χ0v) is 24.9. The first kappa shape index (κ1) is 30.5. The van der Waals surface area contributed by atoms with Crippen LogP contribution in [0.15, 0.2) is 77.7 Å². The highest BCUT2D eigenvalue weighted by molar-refractivity contribution is 7.92. The quantitative estimate of drug-likeness (QED) is 0.340. The molecule has 0 aromatic heterocycles. The van der Waals surface area contributed by atoms with Gasteiger partial charge < -0.3 is 10.2 Å². The van der Waals surface area contributed by atoms with Crippen LogP contribution < -0.4 is 9.62 Å². The highest BCUT2D eigenvalue weighted by Crippen LogP contribution is 2.26. The van der Waals surface area contributed by atoms with Crippen LogP contribution in [0.3, 0.4) is 0 Å². The fourth-order valence-electron chi connectivity index (χ4n) is 3.85. The second-order valence-corrected chi connectivity index (χ2v) is 13.0. The van der Waals surface area contributed by atoms with Gasteiger partial charge in [-0.25, -0.2) is 8.42 Å². The van der Waals surface area contributed by atoms with Crippen LogP contribution in [0.25, 0.3) is 0 Å². The van der Waals surface area contributed by atoms with Gasteiger partial charge >= 0.3 is 0 Å². The molecule has 0 heterocycles. The standard InChI is InChI=1S/C29H33Cl2N3O4S/c1-20-11-14-23(15-12-20)34(39(37,38)24-9-7-6-8-10-24)19-27(35)33(21(2)28(36)32-29(3,4)5)18-22-13-16-25(30)26(31)17-22/h6-17,21H,18-19H2,1-5H3,(H,32,36)/t21-/m0/s1. The Kier molecular flexibility index (Phi) is 9.69. The second kappa shape index (κ2) is 12.4. The predicted molar refractivity (Wildman–Crippen MR) is 157 cm³/mol. The number of nitrogens with one attached hydrogen (secondary N) is 1. The average Bonchev–Trinajstić information content (AvgIpc) is 2.87. The van der Waals surface area contributed by atoms with E-state index in [9.17, 15) is 18.0 Å². The van der Waals surface area contributed by atoms with E-state index in [2.05, 4.69) is 5.32 Å². The molecular formula is C29H33Cl2N3O4S. The Morgan fingerprint density at radius 3 is 2.10 bits per heavy atom. The molecule has 0 saturated heterocycles. The van der Waals surface area contributed by atoms with Crippen LogP contribution in [0.4, 0.5) is 5.69 Å². The van der Waals surface area contributed by atoms with Crippen LogP contribution in [-0.4, -0.2) is 43.3 Å². The maximum absolute atomic E-state index is 13.9. The number of carbonyl (C=O) groups is 2. The van der Waals surface area contributed by atoms with Crippen LogP contribution in [0, 0.1) is 6.92 Å². The molecule has 0 aliphatic heterocycles. The maximum Gasteiger partial charge on any atom is 0.264 e. The van der Waals surface area contributed by atoms with Gasteiger partial charge in [-0.1, -0.05) is 65.2 Å². The average molecular weight is 591 g/mol. The number of aryl methyl sites for hydroxylation is 1. The highest BCUT2D eigenvalue weighted by Gasteiger charge is 2.33. The number of sulfonamides is 1. The Bertz CT molecular complexity index is 1420. The fraction of sp³-hybridized carbons (Fsp3) is 0.310. The molecule has 10 heteroatoms. The molecule has 0 fully saturated rings. The predicted octanol–water partition coefficient (Wildman–Crippen LogP) is 5.83. The van der Waals surface area contributed by atoms with E-state index in [1.165, 1.54) is 17.0 Å². The van der Waals surface area contributed by atoms with Gasteiger partial charge in [0.15, 0.2) is 0 Å². The van der Waals surface area contributed by atoms with Crippen molar-refractivity contribution in [1.82, 2.24) is 10.2 Å². The summed E-state index contributed by atoms with van der Waals surface area (Å²) in [5.41, 5.74) is 1.38. The van der Waals surface area contributed by atoms with E-state index in [0.717, 1.165) is 9.87 Å². The number of nitrogens with zero attached hydrogens (tertiary/aromatic N) is 2. The van der Waals surface area contributed by atoms with E-state index in [1.807, 2.05) is 27.7 Å². The minimum absolute atomic E-state index is 0.0155. The molecule has 3 aromatic rings. The number of halogens is 2. The lowest BCUT2D eigenvalue weighted by molar-refractivity contribution is -0.140. The molecule has 208 valence electrons. The summed E-state index contributed by atoms with van der Waals surface area (Å²) in [6.45, 7) is 8.52. The van der Waals surface area contributed by atoms with Gasteiger partial charge in [-0.15, -0.1) is 0 Å². The van der Waals surface area contributed by atoms with E-state index in [1.54, 1.807) is 67.6 Å². The molecule has 1 atom stereocenters. The van der Waals surface area contributed by atoms with Gasteiger partial charge in [0.1, 0.15) is 12.6 Å². The molecule has 1 N–H and O–H groups in total. The van der Waals surface area contributed by atoms with Gasteiger partial charge in [0.25, 0.3) is 10.0 Å². The zero-order valence-electron chi connectivity index (χ0n) is 22.6. The van der Waals surface area contributed by atoms with Crippen LogP contribution in [0.1, 0.15) is 38.8 Å². The van der Waals surface area contributed by atoms with E-state index in [4.69, 9.17) is 23.2 Å². The first-order valence-corrected chi connectivity index (χ1v) is 14.6. The Hall–Kier alpha value is -3.07. The minimum Gasteiger partial charge on any atom is -0.350 e. The van der Waals surface area contributed by atoms with Gasteiger partial charge in [-0.3, -0.25) is 13.9 Å². The second-order valence-electron chi connectivity index (χ2n) is 10.3. The zero-order chi connectivity index (χ0) is 29.0. The third kappa shape index (κ3) is 7.97. The van der Waals surface area contributed by atoms with Crippen molar-refractivity contribution in [1.29, 1.82) is 0 Å². The summed E-state index contributed by atoms with van der Waals surface area (Å²) < 4.78 is 28.6. The molecule has 2 amide bonds. The Labute approximate surface area is 240 Å². The monoisotopic (exact) mass is 589 g/mol. The highest BCUT2D eigenvalue weighted by atomic mass is 35.5. The van der Waals surface area contributed by atoms with Crippen molar-refractivity contribution in [3.8, 4) is 0 Å². The first-order valence-electron chi connectivity index (χ1n) is 12.4. The van der Waals surface area contributed by atoms with Gasteiger partial charge in [0.2, 0.25) is 11.8 Å². The van der Waals surface area contributed by atoms with Gasteiger partial charge in [-0.05, 0) is 76.6 Å². The number of amides is 2. The molecular weight excluding hydrogens is 557 g/mol. The first-order chi connectivity index (χ1) is 18.2. The number of hydrogen-bond acceptors (Lipinski definition) is 4. The van der Waals surface area contributed by atoms with Crippen molar-refractivity contribution < 1.29 is 18.0 Å². The van der Waals surface area contributed by atoms with E-state index in [-0.39, 0.29) is 17.3 Å². The molecule has 7 nitrogen and oxygen atoms in total. The topological polar surface area (TPSA) is 86.8 Å². The molecule has 0 aliphatic carbocycles. The third-order valence-electron chi connectivity index (χ3n) is 5.93. The lowest BCUT2D eigenvalue weighted by Crippen LogP contribution is -2.54. The molecule has 0 radical (unpaired) electrons. The molecule has 39 heavy (non-hydrogen) atoms. The SMILES string of the molecule is Cc1ccc(N(CC(=O)N(Cc2ccc(Cl)c(Cl)c2)[C@@H](C)C(=O)NC(C)(C)C)S(=O)(=O)c2ccccc2)cc1. The minimum atomic E-state index is -4.11. The summed E-state index contributed by atoms with van der Waals surface area (Å²) in [6, 6.07) is 18.8. The summed E-state index contributed by atoms with van der Waals surface area (Å²) in [5, 5.41) is 3.56. The summed E-state index contributed by atoms with van der Waals surface area (Å²) in [5.74, 6) is -0.929. The van der Waals surface area contributed by atoms with Crippen LogP contribution >= 0.6 is 23.2 Å². The Balaban J connectivity index is 2.03. The molecule has 3 aromatic carbocycles. The molecule has 0 unspecified atom stereocenters. The summed E-state index contributed by atoms with van der Waals surface area (Å²) in [6.07, 6.45) is 0. The maximum atomic E-state index is 13.9. The van der Waals surface area contributed by atoms with Crippen molar-refractivity contribution >= 4 is 50.7 Å². The number of benzene rings is 3. The summed E-state index contributed by atoms with van der Waals surface area (Å²) >= 11 is 12.3. The van der Waals surface area contributed by atoms with E-state index in [0.29, 0.717) is 21.3 Å². The van der Waals surface area contributed by atoms with Crippen molar-refractivity contribution in [3.63, 3.8) is 0 Å². The molecule has 0 saturated carbocycles. The van der Waals surface area contributed by atoms with Crippen molar-refractivity contribution in [2.45, 2.75) is 57.6 Å². The molecule has 0 bridgehead atoms. The smallest absolute Gasteiger partial charge is 0.264 e. The van der Waals surface area contributed by atoms with Gasteiger partial charge in [0, 0.05) is 12.1 Å². The van der Waals surface area contributed by atoms with Crippen LogP contribution in [-0.2, 0) is 26.2 Å². The normalized spacial score (nSPS) is 12.5. The summed E-state index contributed by atoms with van der Waals surface area (Å²) in [7, 11) is -4.11. The lowest BCUT2D eigenvalue weighted by atomic mass is 10.1. The van der Waals surface area contributed by atoms with Crippen LogP contribution in [0.5, 0.6) is 0 Å². The van der Waals surface area contributed by atoms with E-state index >= 15 is 0 Å². The fourth-order valence-corrected chi connectivity index (χ4v) is 5.61. The third-order valence-corrected chi connectivity index (χ3v) is 8.46. The number of carbonyl (C=O) groups excluding carboxylic acids is 2. The largest absolute Gasteiger partial charge is 0.350 e. The van der Waals surface area contributed by atoms with Crippen molar-refractivity contribution in [2.24, 2.45) is 0 Å². The molecule has 0 aliphatic rings. The molecule has 0 spiro atoms. The van der Waals surface area contributed by atoms with Crippen molar-refractivity contribution in [2.75, 3.05) is 10.8 Å². The van der Waals surface area contributed by atoms with Gasteiger partial charge in [-0.2, -0.15) is 0 Å². The lowest BCUT2D eigenvalue weighted by Gasteiger charge is -2.33. The number of anilines is 1. The van der Waals surface area contributed by atoms with Gasteiger partial charge in [0.05, 0.1) is 20.6 Å².